The number of fused-ring (bicyclic) bond motifs is 7. The van der Waals surface area contributed by atoms with E-state index in [1.807, 2.05) is 0 Å². The van der Waals surface area contributed by atoms with Crippen LogP contribution < -0.4 is 9.47 Å². The Kier molecular flexibility index (Phi) is 6.02. The lowest BCUT2D eigenvalue weighted by molar-refractivity contribution is 0.215. The minimum absolute atomic E-state index is 0.511. The standard InChI is InChI=1S/C28H22O2P2/c31-15-1-3-19-5-9-23-21(17-19)7-11-25-27(23)28-24-10-6-20(4-2-16-32)18-22(24)8-12-26(28)30-14-13-29-25/h5-12,17-18H,13-16,31-32H2. The van der Waals surface area contributed by atoms with E-state index in [9.17, 15) is 0 Å². The largest absolute Gasteiger partial charge is 0.489 e. The van der Waals surface area contributed by atoms with Crippen LogP contribution in [0.1, 0.15) is 11.1 Å². The van der Waals surface area contributed by atoms with Crippen LogP contribution in [0.15, 0.2) is 60.7 Å². The van der Waals surface area contributed by atoms with Crippen LogP contribution in [0.3, 0.4) is 0 Å². The minimum Gasteiger partial charge on any atom is -0.489 e. The summed E-state index contributed by atoms with van der Waals surface area (Å²) in [5, 5.41) is 4.53. The first kappa shape index (κ1) is 20.9. The number of hydrogen-bond donors (Lipinski definition) is 0. The van der Waals surface area contributed by atoms with Crippen molar-refractivity contribution in [2.45, 2.75) is 0 Å². The second kappa shape index (κ2) is 9.23. The summed E-state index contributed by atoms with van der Waals surface area (Å²) in [5.41, 5.74) is 4.16. The zero-order valence-corrected chi connectivity index (χ0v) is 19.9. The third-order valence-electron chi connectivity index (χ3n) is 5.48. The van der Waals surface area contributed by atoms with Gasteiger partial charge in [-0.2, -0.15) is 0 Å². The number of rotatable bonds is 0. The molecular formula is C28H22O2P2. The van der Waals surface area contributed by atoms with Crippen molar-refractivity contribution in [2.75, 3.05) is 25.5 Å². The predicted molar refractivity (Wildman–Crippen MR) is 141 cm³/mol. The molecule has 0 aromatic heterocycles. The first-order valence-corrected chi connectivity index (χ1v) is 12.2. The van der Waals surface area contributed by atoms with Crippen LogP contribution in [-0.4, -0.2) is 25.5 Å². The van der Waals surface area contributed by atoms with Gasteiger partial charge in [-0.05, 0) is 57.9 Å². The van der Waals surface area contributed by atoms with E-state index in [4.69, 9.17) is 9.47 Å². The molecule has 4 aromatic carbocycles. The van der Waals surface area contributed by atoms with E-state index in [1.54, 1.807) is 0 Å². The molecule has 2 unspecified atom stereocenters. The Labute approximate surface area is 193 Å². The Hall–Kier alpha value is -3.02. The van der Waals surface area contributed by atoms with Crippen LogP contribution in [0.25, 0.3) is 32.7 Å². The minimum atomic E-state index is 0.511. The van der Waals surface area contributed by atoms with Crippen molar-refractivity contribution in [1.82, 2.24) is 0 Å². The van der Waals surface area contributed by atoms with Crippen LogP contribution >= 0.6 is 18.5 Å². The van der Waals surface area contributed by atoms with E-state index in [1.165, 1.54) is 0 Å². The zero-order valence-electron chi connectivity index (χ0n) is 17.6. The van der Waals surface area contributed by atoms with E-state index < -0.39 is 0 Å². The summed E-state index contributed by atoms with van der Waals surface area (Å²) in [5.74, 6) is 14.4. The van der Waals surface area contributed by atoms with Crippen LogP contribution in [0.2, 0.25) is 0 Å². The van der Waals surface area contributed by atoms with Gasteiger partial charge in [-0.25, -0.2) is 0 Å². The lowest BCUT2D eigenvalue weighted by atomic mass is 9.91. The summed E-state index contributed by atoms with van der Waals surface area (Å²) in [7, 11) is 5.29. The van der Waals surface area contributed by atoms with Gasteiger partial charge < -0.3 is 9.47 Å². The second-order valence-corrected chi connectivity index (χ2v) is 8.27. The molecule has 156 valence electrons. The van der Waals surface area contributed by atoms with Gasteiger partial charge in [0.15, 0.2) is 0 Å². The fourth-order valence-electron chi connectivity index (χ4n) is 4.14. The topological polar surface area (TPSA) is 18.5 Å². The Morgan fingerprint density at radius 1 is 0.625 bits per heavy atom. The van der Waals surface area contributed by atoms with Crippen molar-refractivity contribution in [2.24, 2.45) is 0 Å². The highest BCUT2D eigenvalue weighted by molar-refractivity contribution is 7.17. The van der Waals surface area contributed by atoms with Gasteiger partial charge >= 0.3 is 0 Å². The summed E-state index contributed by atoms with van der Waals surface area (Å²) in [6.45, 7) is 1.02. The Morgan fingerprint density at radius 2 is 1.09 bits per heavy atom. The summed E-state index contributed by atoms with van der Waals surface area (Å²) >= 11 is 0. The van der Waals surface area contributed by atoms with E-state index in [0.717, 1.165) is 67.6 Å². The zero-order chi connectivity index (χ0) is 21.9. The molecule has 0 bridgehead atoms. The normalized spacial score (nSPS) is 12.1. The summed E-state index contributed by atoms with van der Waals surface area (Å²) in [6, 6.07) is 21.1. The number of ether oxygens (including phenoxy) is 2. The Bertz CT molecular complexity index is 1350. The fraction of sp³-hybridized carbons (Fsp3) is 0.143. The highest BCUT2D eigenvalue weighted by atomic mass is 31.0. The fourth-order valence-corrected chi connectivity index (χ4v) is 4.35. The van der Waals surface area contributed by atoms with Crippen LogP contribution in [-0.2, 0) is 0 Å². The molecule has 32 heavy (non-hydrogen) atoms. The predicted octanol–water partition coefficient (Wildman–Crippen LogP) is 5.88. The van der Waals surface area contributed by atoms with Gasteiger partial charge in [0.1, 0.15) is 24.7 Å². The van der Waals surface area contributed by atoms with Gasteiger partial charge in [0.25, 0.3) is 0 Å². The van der Waals surface area contributed by atoms with Crippen LogP contribution in [0, 0.1) is 23.7 Å². The van der Waals surface area contributed by atoms with Gasteiger partial charge in [-0.15, -0.1) is 18.5 Å². The monoisotopic (exact) mass is 452 g/mol. The van der Waals surface area contributed by atoms with Gasteiger partial charge in [-0.1, -0.05) is 47.9 Å². The molecule has 0 fully saturated rings. The molecule has 4 heteroatoms. The first-order chi connectivity index (χ1) is 15.8. The summed E-state index contributed by atoms with van der Waals surface area (Å²) in [4.78, 5) is 0. The third kappa shape index (κ3) is 3.94. The maximum absolute atomic E-state index is 6.13. The van der Waals surface area contributed by atoms with Crippen molar-refractivity contribution in [1.29, 1.82) is 0 Å². The molecule has 0 saturated carbocycles. The van der Waals surface area contributed by atoms with Crippen molar-refractivity contribution in [3.8, 4) is 46.3 Å². The maximum Gasteiger partial charge on any atom is 0.128 e. The molecule has 1 aliphatic heterocycles. The molecule has 2 atom stereocenters. The molecule has 0 saturated heterocycles. The van der Waals surface area contributed by atoms with Gasteiger partial charge in [0.05, 0.1) is 0 Å². The SMILES string of the molecule is PCC#Cc1ccc2c3c(ccc2c1)OCCOc1ccc2cc(C#CCP)ccc2c1-3. The van der Waals surface area contributed by atoms with Crippen molar-refractivity contribution < 1.29 is 9.47 Å². The van der Waals surface area contributed by atoms with Crippen molar-refractivity contribution in [3.05, 3.63) is 71.8 Å². The molecule has 0 N–H and O–H groups in total. The second-order valence-electron chi connectivity index (χ2n) is 7.46. The maximum atomic E-state index is 6.13. The van der Waals surface area contributed by atoms with Gasteiger partial charge in [0, 0.05) is 34.6 Å². The van der Waals surface area contributed by atoms with Crippen molar-refractivity contribution >= 4 is 40.0 Å². The first-order valence-electron chi connectivity index (χ1n) is 10.6. The van der Waals surface area contributed by atoms with E-state index in [0.29, 0.717) is 13.2 Å². The molecule has 4 aromatic rings. The summed E-state index contributed by atoms with van der Waals surface area (Å²) < 4.78 is 12.3. The lowest BCUT2D eigenvalue weighted by Gasteiger charge is -2.22. The average Bonchev–Trinajstić information content (AvgIpc) is 2.81. The molecule has 2 nitrogen and oxygen atoms in total. The van der Waals surface area contributed by atoms with E-state index in [-0.39, 0.29) is 0 Å². The van der Waals surface area contributed by atoms with Gasteiger partial charge in [-0.3, -0.25) is 0 Å². The molecule has 0 aliphatic carbocycles. The Morgan fingerprint density at radius 3 is 1.53 bits per heavy atom. The molecule has 1 heterocycles. The van der Waals surface area contributed by atoms with E-state index in [2.05, 4.69) is 103 Å². The average molecular weight is 452 g/mol. The number of benzene rings is 4. The van der Waals surface area contributed by atoms with Crippen LogP contribution in [0.4, 0.5) is 0 Å². The number of hydrogen-bond acceptors (Lipinski definition) is 2. The smallest absolute Gasteiger partial charge is 0.128 e. The lowest BCUT2D eigenvalue weighted by Crippen LogP contribution is -2.12. The third-order valence-corrected chi connectivity index (χ3v) is 5.89. The molecule has 1 aliphatic rings. The van der Waals surface area contributed by atoms with Crippen LogP contribution in [0.5, 0.6) is 11.5 Å². The highest BCUT2D eigenvalue weighted by Gasteiger charge is 2.21. The van der Waals surface area contributed by atoms with Crippen molar-refractivity contribution in [3.63, 3.8) is 0 Å². The molecule has 0 radical (unpaired) electrons. The molecular weight excluding hydrogens is 430 g/mol. The molecule has 0 spiro atoms. The molecule has 0 amide bonds. The molecule has 5 rings (SSSR count). The van der Waals surface area contributed by atoms with E-state index >= 15 is 0 Å². The quantitative estimate of drug-likeness (QED) is 0.245. The highest BCUT2D eigenvalue weighted by Crippen LogP contribution is 2.46. The van der Waals surface area contributed by atoms with Gasteiger partial charge in [0.2, 0.25) is 0 Å². The summed E-state index contributed by atoms with van der Waals surface area (Å²) in [6.07, 6.45) is 1.52. The Balaban J connectivity index is 1.80.